The van der Waals surface area contributed by atoms with E-state index in [0.717, 1.165) is 6.07 Å². The topological polar surface area (TPSA) is 89.3 Å². The smallest absolute Gasteiger partial charge is 0.252 e. The van der Waals surface area contributed by atoms with E-state index >= 15 is 0 Å². The fourth-order valence-electron chi connectivity index (χ4n) is 1.52. The molecule has 0 aliphatic rings. The van der Waals surface area contributed by atoms with Gasteiger partial charge in [0.05, 0.1) is 17.9 Å². The molecule has 1 aromatic rings. The summed E-state index contributed by atoms with van der Waals surface area (Å²) in [5.74, 6) is 3.98. The quantitative estimate of drug-likeness (QED) is 0.765. The number of sulfone groups is 1. The van der Waals surface area contributed by atoms with E-state index in [1.165, 1.54) is 19.1 Å². The van der Waals surface area contributed by atoms with E-state index in [1.54, 1.807) is 0 Å². The lowest BCUT2D eigenvalue weighted by Gasteiger charge is -2.07. The number of halogens is 1. The molecule has 0 aliphatic carbocycles. The van der Waals surface area contributed by atoms with Crippen molar-refractivity contribution in [3.05, 3.63) is 35.1 Å². The van der Waals surface area contributed by atoms with Crippen LogP contribution in [-0.2, 0) is 9.84 Å². The number of benzene rings is 1. The third-order valence-corrected chi connectivity index (χ3v) is 4.40. The molecule has 3 N–H and O–H groups in total. The maximum atomic E-state index is 13.2. The number of nitrogens with one attached hydrogen (secondary N) is 1. The van der Waals surface area contributed by atoms with Crippen molar-refractivity contribution in [2.24, 2.45) is 5.73 Å². The van der Waals surface area contributed by atoms with E-state index in [0.29, 0.717) is 5.56 Å². The standard InChI is InChI=1S/C14H17FN2O3S/c1-2-21(19,20)9-8-17-14(18)13-10-12(15)6-5-11(13)4-3-7-16/h5-6,10H,2,7-9,16H2,1H3,(H,17,18). The van der Waals surface area contributed by atoms with Crippen LogP contribution in [0.2, 0.25) is 0 Å². The predicted octanol–water partition coefficient (Wildman–Crippen LogP) is 0.300. The van der Waals surface area contributed by atoms with Crippen molar-refractivity contribution < 1.29 is 17.6 Å². The second kappa shape index (κ2) is 7.76. The first kappa shape index (κ1) is 17.1. The highest BCUT2D eigenvalue weighted by Crippen LogP contribution is 2.10. The van der Waals surface area contributed by atoms with Crippen LogP contribution in [0.3, 0.4) is 0 Å². The molecule has 0 heterocycles. The molecule has 0 radical (unpaired) electrons. The molecular formula is C14H17FN2O3S. The van der Waals surface area contributed by atoms with E-state index in [4.69, 9.17) is 5.73 Å². The SMILES string of the molecule is CCS(=O)(=O)CCNC(=O)c1cc(F)ccc1C#CCN. The lowest BCUT2D eigenvalue weighted by Crippen LogP contribution is -2.30. The molecule has 114 valence electrons. The number of carbonyl (C=O) groups is 1. The summed E-state index contributed by atoms with van der Waals surface area (Å²) in [4.78, 5) is 12.0. The zero-order valence-electron chi connectivity index (χ0n) is 11.6. The fraction of sp³-hybridized carbons (Fsp3) is 0.357. The van der Waals surface area contributed by atoms with E-state index in [9.17, 15) is 17.6 Å². The third kappa shape index (κ3) is 5.53. The molecule has 0 saturated heterocycles. The van der Waals surface area contributed by atoms with Crippen LogP contribution in [0.1, 0.15) is 22.8 Å². The average Bonchev–Trinajstić information content (AvgIpc) is 2.45. The number of hydrogen-bond acceptors (Lipinski definition) is 4. The molecule has 7 heteroatoms. The van der Waals surface area contributed by atoms with Crippen molar-refractivity contribution in [2.45, 2.75) is 6.92 Å². The van der Waals surface area contributed by atoms with Crippen LogP contribution < -0.4 is 11.1 Å². The number of rotatable bonds is 5. The van der Waals surface area contributed by atoms with Gasteiger partial charge in [0.1, 0.15) is 5.82 Å². The highest BCUT2D eigenvalue weighted by Gasteiger charge is 2.13. The highest BCUT2D eigenvalue weighted by molar-refractivity contribution is 7.91. The van der Waals surface area contributed by atoms with Gasteiger partial charge in [-0.1, -0.05) is 18.8 Å². The first-order chi connectivity index (χ1) is 9.89. The van der Waals surface area contributed by atoms with Crippen molar-refractivity contribution >= 4 is 15.7 Å². The zero-order valence-corrected chi connectivity index (χ0v) is 12.5. The molecule has 21 heavy (non-hydrogen) atoms. The molecule has 0 bridgehead atoms. The minimum atomic E-state index is -3.16. The Labute approximate surface area is 123 Å². The van der Waals surface area contributed by atoms with Gasteiger partial charge in [-0.15, -0.1) is 0 Å². The van der Waals surface area contributed by atoms with E-state index in [1.807, 2.05) is 0 Å². The number of hydrogen-bond donors (Lipinski definition) is 2. The molecule has 0 unspecified atom stereocenters. The molecule has 0 spiro atoms. The van der Waals surface area contributed by atoms with Gasteiger partial charge in [0, 0.05) is 17.9 Å². The summed E-state index contributed by atoms with van der Waals surface area (Å²) >= 11 is 0. The van der Waals surface area contributed by atoms with Gasteiger partial charge < -0.3 is 11.1 Å². The summed E-state index contributed by atoms with van der Waals surface area (Å²) in [6.45, 7) is 1.62. The molecule has 0 saturated carbocycles. The summed E-state index contributed by atoms with van der Waals surface area (Å²) in [6, 6.07) is 3.64. The van der Waals surface area contributed by atoms with Crippen LogP contribution in [0.15, 0.2) is 18.2 Å². The van der Waals surface area contributed by atoms with Gasteiger partial charge in [-0.3, -0.25) is 4.79 Å². The molecular weight excluding hydrogens is 295 g/mol. The van der Waals surface area contributed by atoms with Crippen LogP contribution in [0.25, 0.3) is 0 Å². The van der Waals surface area contributed by atoms with Crippen LogP contribution >= 0.6 is 0 Å². The fourth-order valence-corrected chi connectivity index (χ4v) is 2.22. The number of carbonyl (C=O) groups excluding carboxylic acids is 1. The molecule has 5 nitrogen and oxygen atoms in total. The Morgan fingerprint density at radius 2 is 2.14 bits per heavy atom. The maximum Gasteiger partial charge on any atom is 0.252 e. The zero-order chi connectivity index (χ0) is 15.9. The highest BCUT2D eigenvalue weighted by atomic mass is 32.2. The van der Waals surface area contributed by atoms with E-state index in [-0.39, 0.29) is 30.2 Å². The lowest BCUT2D eigenvalue weighted by molar-refractivity contribution is 0.0955. The van der Waals surface area contributed by atoms with E-state index in [2.05, 4.69) is 17.2 Å². The minimum Gasteiger partial charge on any atom is -0.351 e. The first-order valence-electron chi connectivity index (χ1n) is 6.36. The summed E-state index contributed by atoms with van der Waals surface area (Å²) < 4.78 is 35.9. The molecule has 1 amide bonds. The molecule has 1 rings (SSSR count). The predicted molar refractivity (Wildman–Crippen MR) is 79.0 cm³/mol. The van der Waals surface area contributed by atoms with Crippen LogP contribution in [0.5, 0.6) is 0 Å². The maximum absolute atomic E-state index is 13.2. The first-order valence-corrected chi connectivity index (χ1v) is 8.19. The van der Waals surface area contributed by atoms with Crippen molar-refractivity contribution in [2.75, 3.05) is 24.6 Å². The Balaban J connectivity index is 2.84. The van der Waals surface area contributed by atoms with Crippen LogP contribution in [0, 0.1) is 17.7 Å². The van der Waals surface area contributed by atoms with Gasteiger partial charge in [-0.2, -0.15) is 0 Å². The molecule has 0 aliphatic heterocycles. The lowest BCUT2D eigenvalue weighted by atomic mass is 10.1. The van der Waals surface area contributed by atoms with Gasteiger partial charge >= 0.3 is 0 Å². The largest absolute Gasteiger partial charge is 0.351 e. The van der Waals surface area contributed by atoms with Crippen molar-refractivity contribution in [1.82, 2.24) is 5.32 Å². The summed E-state index contributed by atoms with van der Waals surface area (Å²) in [6.07, 6.45) is 0. The third-order valence-electron chi connectivity index (χ3n) is 2.69. The Morgan fingerprint density at radius 3 is 2.76 bits per heavy atom. The van der Waals surface area contributed by atoms with Gasteiger partial charge in [-0.05, 0) is 18.2 Å². The normalized spacial score (nSPS) is 10.6. The second-order valence-corrected chi connectivity index (χ2v) is 6.66. The number of nitrogens with two attached hydrogens (primary N) is 1. The van der Waals surface area contributed by atoms with Gasteiger partial charge in [0.2, 0.25) is 0 Å². The Hall–Kier alpha value is -1.91. The van der Waals surface area contributed by atoms with Crippen molar-refractivity contribution in [3.8, 4) is 11.8 Å². The molecule has 0 atom stereocenters. The monoisotopic (exact) mass is 312 g/mol. The van der Waals surface area contributed by atoms with Gasteiger partial charge in [0.15, 0.2) is 9.84 Å². The molecule has 0 aromatic heterocycles. The van der Waals surface area contributed by atoms with Crippen LogP contribution in [-0.4, -0.2) is 38.9 Å². The number of amides is 1. The van der Waals surface area contributed by atoms with Crippen molar-refractivity contribution in [1.29, 1.82) is 0 Å². The molecule has 0 fully saturated rings. The summed E-state index contributed by atoms with van der Waals surface area (Å²) in [5, 5.41) is 2.45. The second-order valence-electron chi connectivity index (χ2n) is 4.19. The van der Waals surface area contributed by atoms with E-state index < -0.39 is 21.6 Å². The Kier molecular flexibility index (Phi) is 6.34. The molecule has 1 aromatic carbocycles. The summed E-state index contributed by atoms with van der Waals surface area (Å²) in [7, 11) is -3.16. The average molecular weight is 312 g/mol. The Morgan fingerprint density at radius 1 is 1.43 bits per heavy atom. The van der Waals surface area contributed by atoms with Crippen LogP contribution in [0.4, 0.5) is 4.39 Å². The van der Waals surface area contributed by atoms with Crippen molar-refractivity contribution in [3.63, 3.8) is 0 Å². The minimum absolute atomic E-state index is 0.00998. The van der Waals surface area contributed by atoms with Gasteiger partial charge in [0.25, 0.3) is 5.91 Å². The van der Waals surface area contributed by atoms with Gasteiger partial charge in [-0.25, -0.2) is 12.8 Å². The summed E-state index contributed by atoms with van der Waals surface area (Å²) in [5.41, 5.74) is 5.67. The Bertz CT molecular complexity index is 675.